The van der Waals surface area contributed by atoms with Gasteiger partial charge < -0.3 is 4.90 Å². The number of hydrogen-bond donors (Lipinski definition) is 2. The van der Waals surface area contributed by atoms with Crippen LogP contribution in [0, 0.1) is 5.41 Å². The van der Waals surface area contributed by atoms with Gasteiger partial charge in [-0.2, -0.15) is 0 Å². The topological polar surface area (TPSA) is 58.4 Å². The Morgan fingerprint density at radius 3 is 2.40 bits per heavy atom. The molecule has 4 heteroatoms. The summed E-state index contributed by atoms with van der Waals surface area (Å²) < 4.78 is 0. The van der Waals surface area contributed by atoms with Crippen molar-refractivity contribution < 1.29 is 4.79 Å². The average molecular weight is 215 g/mol. The standard InChI is InChI=1S/C11H25N3O/c1-11(2,3)9-14(4)8-6-5-7-10(15)13-12/h5-9,12H2,1-4H3,(H,13,15). The largest absolute Gasteiger partial charge is 0.306 e. The number of hydrazine groups is 1. The summed E-state index contributed by atoms with van der Waals surface area (Å²) in [5.41, 5.74) is 2.48. The molecule has 0 aromatic carbocycles. The molecular formula is C11H25N3O. The van der Waals surface area contributed by atoms with Gasteiger partial charge in [0.05, 0.1) is 0 Å². The third-order valence-corrected chi connectivity index (χ3v) is 2.10. The molecule has 4 nitrogen and oxygen atoms in total. The van der Waals surface area contributed by atoms with Gasteiger partial charge in [0.2, 0.25) is 5.91 Å². The minimum absolute atomic E-state index is 0.0755. The van der Waals surface area contributed by atoms with Crippen LogP contribution in [0.15, 0.2) is 0 Å². The second kappa shape index (κ2) is 6.80. The van der Waals surface area contributed by atoms with Crippen LogP contribution >= 0.6 is 0 Å². The van der Waals surface area contributed by atoms with E-state index in [0.29, 0.717) is 11.8 Å². The third kappa shape index (κ3) is 9.69. The second-order valence-electron chi connectivity index (χ2n) is 5.32. The van der Waals surface area contributed by atoms with Crippen molar-refractivity contribution in [2.75, 3.05) is 20.1 Å². The first-order valence-electron chi connectivity index (χ1n) is 5.53. The lowest BCUT2D eigenvalue weighted by Crippen LogP contribution is -2.31. The molecule has 0 radical (unpaired) electrons. The van der Waals surface area contributed by atoms with Crippen LogP contribution in [-0.2, 0) is 4.79 Å². The van der Waals surface area contributed by atoms with Crippen LogP contribution in [0.5, 0.6) is 0 Å². The van der Waals surface area contributed by atoms with Crippen LogP contribution < -0.4 is 11.3 Å². The highest BCUT2D eigenvalue weighted by Gasteiger charge is 2.12. The van der Waals surface area contributed by atoms with Gasteiger partial charge in [-0.3, -0.25) is 10.2 Å². The van der Waals surface area contributed by atoms with Crippen molar-refractivity contribution in [2.24, 2.45) is 11.3 Å². The van der Waals surface area contributed by atoms with Gasteiger partial charge in [0.1, 0.15) is 0 Å². The number of carbonyl (C=O) groups excluding carboxylic acids is 1. The summed E-state index contributed by atoms with van der Waals surface area (Å²) in [7, 11) is 2.12. The van der Waals surface area contributed by atoms with Gasteiger partial charge in [0, 0.05) is 13.0 Å². The number of unbranched alkanes of at least 4 members (excludes halogenated alkanes) is 1. The van der Waals surface area contributed by atoms with Crippen molar-refractivity contribution in [3.05, 3.63) is 0 Å². The van der Waals surface area contributed by atoms with Gasteiger partial charge in [0.15, 0.2) is 0 Å². The Balaban J connectivity index is 3.47. The lowest BCUT2D eigenvalue weighted by Gasteiger charge is -2.26. The maximum Gasteiger partial charge on any atom is 0.233 e. The maximum absolute atomic E-state index is 10.8. The van der Waals surface area contributed by atoms with E-state index >= 15 is 0 Å². The highest BCUT2D eigenvalue weighted by atomic mass is 16.2. The molecule has 90 valence electrons. The van der Waals surface area contributed by atoms with E-state index in [1.165, 1.54) is 0 Å². The number of rotatable bonds is 6. The molecule has 3 N–H and O–H groups in total. The normalized spacial score (nSPS) is 11.9. The van der Waals surface area contributed by atoms with Crippen molar-refractivity contribution in [3.63, 3.8) is 0 Å². The van der Waals surface area contributed by atoms with Crippen LogP contribution in [0.25, 0.3) is 0 Å². The zero-order chi connectivity index (χ0) is 11.9. The molecule has 0 aliphatic rings. The molecule has 0 spiro atoms. The number of amides is 1. The quantitative estimate of drug-likeness (QED) is 0.302. The molecular weight excluding hydrogens is 190 g/mol. The fourth-order valence-corrected chi connectivity index (χ4v) is 1.63. The molecule has 0 aromatic rings. The number of nitrogens with one attached hydrogen (secondary N) is 1. The van der Waals surface area contributed by atoms with Gasteiger partial charge in [-0.15, -0.1) is 0 Å². The smallest absolute Gasteiger partial charge is 0.233 e. The molecule has 0 saturated heterocycles. The van der Waals surface area contributed by atoms with Crippen molar-refractivity contribution in [2.45, 2.75) is 40.0 Å². The summed E-state index contributed by atoms with van der Waals surface area (Å²) in [6.07, 6.45) is 2.47. The van der Waals surface area contributed by atoms with Crippen molar-refractivity contribution in [1.29, 1.82) is 0 Å². The Hall–Kier alpha value is -0.610. The Morgan fingerprint density at radius 1 is 1.33 bits per heavy atom. The van der Waals surface area contributed by atoms with E-state index in [-0.39, 0.29) is 5.91 Å². The highest BCUT2D eigenvalue weighted by molar-refractivity contribution is 5.74. The zero-order valence-electron chi connectivity index (χ0n) is 10.5. The molecule has 0 fully saturated rings. The average Bonchev–Trinajstić information content (AvgIpc) is 2.09. The van der Waals surface area contributed by atoms with E-state index in [1.54, 1.807) is 0 Å². The summed E-state index contributed by atoms with van der Waals surface area (Å²) in [6.45, 7) is 8.80. The minimum Gasteiger partial charge on any atom is -0.306 e. The molecule has 0 atom stereocenters. The van der Waals surface area contributed by atoms with Crippen LogP contribution in [-0.4, -0.2) is 30.9 Å². The second-order valence-corrected chi connectivity index (χ2v) is 5.32. The van der Waals surface area contributed by atoms with E-state index in [2.05, 4.69) is 38.1 Å². The predicted octanol–water partition coefficient (Wildman–Crippen LogP) is 1.12. The fourth-order valence-electron chi connectivity index (χ4n) is 1.63. The van der Waals surface area contributed by atoms with E-state index in [4.69, 9.17) is 5.84 Å². The van der Waals surface area contributed by atoms with Gasteiger partial charge in [-0.1, -0.05) is 20.8 Å². The number of nitrogens with zero attached hydrogens (tertiary/aromatic N) is 1. The molecule has 1 amide bonds. The summed E-state index contributed by atoms with van der Waals surface area (Å²) in [5.74, 6) is 4.91. The maximum atomic E-state index is 10.8. The van der Waals surface area contributed by atoms with Crippen LogP contribution in [0.4, 0.5) is 0 Å². The molecule has 0 aliphatic heterocycles. The number of nitrogens with two attached hydrogens (primary N) is 1. The van der Waals surface area contributed by atoms with Crippen molar-refractivity contribution in [3.8, 4) is 0 Å². The first-order chi connectivity index (χ1) is 6.85. The summed E-state index contributed by atoms with van der Waals surface area (Å²) in [5, 5.41) is 0. The third-order valence-electron chi connectivity index (χ3n) is 2.10. The molecule has 0 aromatic heterocycles. The first-order valence-corrected chi connectivity index (χ1v) is 5.53. The summed E-state index contributed by atoms with van der Waals surface area (Å²) >= 11 is 0. The Labute approximate surface area is 93.2 Å². The van der Waals surface area contributed by atoms with Crippen molar-refractivity contribution in [1.82, 2.24) is 10.3 Å². The monoisotopic (exact) mass is 215 g/mol. The van der Waals surface area contributed by atoms with Crippen LogP contribution in [0.2, 0.25) is 0 Å². The molecule has 0 heterocycles. The fraction of sp³-hybridized carbons (Fsp3) is 0.909. The van der Waals surface area contributed by atoms with Crippen LogP contribution in [0.3, 0.4) is 0 Å². The Morgan fingerprint density at radius 2 is 1.93 bits per heavy atom. The molecule has 15 heavy (non-hydrogen) atoms. The lowest BCUT2D eigenvalue weighted by molar-refractivity contribution is -0.121. The zero-order valence-corrected chi connectivity index (χ0v) is 10.5. The molecule has 0 aliphatic carbocycles. The van der Waals surface area contributed by atoms with E-state index < -0.39 is 0 Å². The molecule has 0 rings (SSSR count). The Bertz CT molecular complexity index is 187. The first kappa shape index (κ1) is 14.4. The van der Waals surface area contributed by atoms with Gasteiger partial charge in [0.25, 0.3) is 0 Å². The highest BCUT2D eigenvalue weighted by Crippen LogP contribution is 2.14. The predicted molar refractivity (Wildman–Crippen MR) is 63.1 cm³/mol. The summed E-state index contributed by atoms with van der Waals surface area (Å²) in [6, 6.07) is 0. The molecule has 0 saturated carbocycles. The molecule has 0 bridgehead atoms. The number of hydrogen-bond acceptors (Lipinski definition) is 3. The minimum atomic E-state index is -0.0755. The van der Waals surface area contributed by atoms with Gasteiger partial charge >= 0.3 is 0 Å². The van der Waals surface area contributed by atoms with Gasteiger partial charge in [-0.05, 0) is 31.8 Å². The number of carbonyl (C=O) groups is 1. The van der Waals surface area contributed by atoms with Gasteiger partial charge in [-0.25, -0.2) is 5.84 Å². The van der Waals surface area contributed by atoms with Crippen molar-refractivity contribution >= 4 is 5.91 Å². The SMILES string of the molecule is CN(CCCCC(=O)NN)CC(C)(C)C. The lowest BCUT2D eigenvalue weighted by atomic mass is 9.96. The van der Waals surface area contributed by atoms with E-state index in [1.807, 2.05) is 0 Å². The van der Waals surface area contributed by atoms with Crippen LogP contribution in [0.1, 0.15) is 40.0 Å². The van der Waals surface area contributed by atoms with E-state index in [0.717, 1.165) is 25.9 Å². The molecule has 0 unspecified atom stereocenters. The van der Waals surface area contributed by atoms with E-state index in [9.17, 15) is 4.79 Å². The Kier molecular flexibility index (Phi) is 6.52. The summed E-state index contributed by atoms with van der Waals surface area (Å²) in [4.78, 5) is 13.1.